The number of aliphatic hydroxyl groups excluding tert-OH is 9. The summed E-state index contributed by atoms with van der Waals surface area (Å²) in [6.45, 7) is 3.61. The normalized spacial score (nSPS) is 25.5. The molecule has 0 aliphatic carbocycles. The van der Waals surface area contributed by atoms with Gasteiger partial charge in [0.15, 0.2) is 12.6 Å². The molecule has 2 aliphatic heterocycles. The van der Waals surface area contributed by atoms with Gasteiger partial charge in [-0.3, -0.25) is 9.59 Å². The van der Waals surface area contributed by atoms with Gasteiger partial charge in [-0.1, -0.05) is 239 Å². The van der Waals surface area contributed by atoms with Crippen molar-refractivity contribution in [2.75, 3.05) is 19.8 Å². The molecular weight excluding hydrogens is 977 g/mol. The number of carbonyl (C=O) groups is 2. The molecule has 0 saturated carbocycles. The molecule has 0 radical (unpaired) electrons. The Kier molecular flexibility index (Phi) is 41.8. The molecule has 0 unspecified atom stereocenters. The minimum absolute atomic E-state index is 0.203. The van der Waals surface area contributed by atoms with Gasteiger partial charge in [0.25, 0.3) is 0 Å². The highest BCUT2D eigenvalue weighted by molar-refractivity contribution is 5.80. The molecule has 0 bridgehead atoms. The predicted octanol–water partition coefficient (Wildman–Crippen LogP) is 7.81. The zero-order valence-electron chi connectivity index (χ0n) is 47.8. The molecule has 2 heterocycles. The van der Waals surface area contributed by atoms with Gasteiger partial charge in [-0.2, -0.15) is 0 Å². The number of hydrogen-bond donors (Lipinski definition) is 11. The number of nitrogens with one attached hydrogen (secondary N) is 2. The van der Waals surface area contributed by atoms with Crippen molar-refractivity contribution < 1.29 is 74.5 Å². The Morgan fingerprint density at radius 2 is 0.868 bits per heavy atom. The fraction of sp³-hybridized carbons (Fsp3) is 0.966. The Bertz CT molecular complexity index is 1390. The summed E-state index contributed by atoms with van der Waals surface area (Å²) >= 11 is 0. The van der Waals surface area contributed by atoms with Crippen LogP contribution in [-0.2, 0) is 28.5 Å². The zero-order valence-corrected chi connectivity index (χ0v) is 47.8. The first kappa shape index (κ1) is 70.5. The molecule has 2 saturated heterocycles. The third-order valence-electron chi connectivity index (χ3n) is 15.7. The molecule has 76 heavy (non-hydrogen) atoms. The van der Waals surface area contributed by atoms with E-state index in [2.05, 4.69) is 24.5 Å². The van der Waals surface area contributed by atoms with E-state index >= 15 is 0 Å². The van der Waals surface area contributed by atoms with Crippen LogP contribution in [0.25, 0.3) is 0 Å². The van der Waals surface area contributed by atoms with E-state index in [-0.39, 0.29) is 12.8 Å². The summed E-state index contributed by atoms with van der Waals surface area (Å²) in [5, 5.41) is 102. The maximum atomic E-state index is 13.4. The SMILES string of the molecule is CCCCCCCCCCCCCCCCCCCCCCC[C@@H](O)C(=O)N[C@@H](CO[C@H]1O[C@H](CO)[C@H](O[C@H]2O[C@H](CO)[C@@H](O)[C@H](O)[C@H]2NC(C)=O)[C@H](O)[C@H]1O)[C@H](O)[C@H](O)CCCCCCCCCCCCCCCC. The van der Waals surface area contributed by atoms with Crippen LogP contribution in [0.1, 0.15) is 258 Å². The van der Waals surface area contributed by atoms with Crippen LogP contribution in [-0.4, -0.2) is 163 Å². The van der Waals surface area contributed by atoms with Crippen molar-refractivity contribution in [1.29, 1.82) is 0 Å². The van der Waals surface area contributed by atoms with E-state index in [0.717, 1.165) is 51.9 Å². The van der Waals surface area contributed by atoms with Crippen LogP contribution in [0.2, 0.25) is 0 Å². The Morgan fingerprint density at radius 3 is 1.26 bits per heavy atom. The third-order valence-corrected chi connectivity index (χ3v) is 15.7. The average Bonchev–Trinajstić information content (AvgIpc) is 3.41. The lowest BCUT2D eigenvalue weighted by Crippen LogP contribution is -2.67. The molecule has 14 atom stereocenters. The molecule has 17 nitrogen and oxygen atoms in total. The van der Waals surface area contributed by atoms with Crippen LogP contribution in [0.4, 0.5) is 0 Å². The number of aliphatic hydroxyl groups is 9. The molecule has 0 aromatic carbocycles. The van der Waals surface area contributed by atoms with E-state index < -0.39 is 117 Å². The largest absolute Gasteiger partial charge is 0.394 e. The molecule has 0 aromatic rings. The van der Waals surface area contributed by atoms with Gasteiger partial charge in [-0.05, 0) is 12.8 Å². The molecule has 2 rings (SSSR count). The molecule has 17 heteroatoms. The van der Waals surface area contributed by atoms with Gasteiger partial charge >= 0.3 is 0 Å². The fourth-order valence-electron chi connectivity index (χ4n) is 10.7. The van der Waals surface area contributed by atoms with Gasteiger partial charge < -0.3 is 75.5 Å². The standard InChI is InChI=1S/C59H114N2O15/c1-4-6-8-10-12-14-16-18-20-21-22-23-24-25-26-28-30-32-34-36-38-40-47(66)57(72)61-45(51(67)46(65)39-37-35-33-31-29-27-19-17-15-13-11-9-7-5-2)43-73-59-55(71)54(70)56(49(42-63)75-59)76-58-50(60-44(3)64)53(69)52(68)48(41-62)74-58/h45-56,58-59,62-63,65-71H,4-43H2,1-3H3,(H,60,64)(H,61,72)/t45-,46+,47+,48+,49+,50+,51-,52+,53+,54+,55+,56-,58+,59-/m0/s1. The van der Waals surface area contributed by atoms with Crippen LogP contribution >= 0.6 is 0 Å². The van der Waals surface area contributed by atoms with Crippen LogP contribution in [0.5, 0.6) is 0 Å². The molecule has 0 spiro atoms. The number of ether oxygens (including phenoxy) is 4. The van der Waals surface area contributed by atoms with E-state index in [1.54, 1.807) is 0 Å². The van der Waals surface area contributed by atoms with Gasteiger partial charge in [-0.25, -0.2) is 0 Å². The zero-order chi connectivity index (χ0) is 55.8. The highest BCUT2D eigenvalue weighted by Gasteiger charge is 2.51. The third kappa shape index (κ3) is 30.3. The topological polar surface area (TPSA) is 277 Å². The molecule has 0 aromatic heterocycles. The van der Waals surface area contributed by atoms with Crippen molar-refractivity contribution in [3.63, 3.8) is 0 Å². The monoisotopic (exact) mass is 1090 g/mol. The summed E-state index contributed by atoms with van der Waals surface area (Å²) in [6, 6.07) is -2.67. The number of rotatable bonds is 49. The van der Waals surface area contributed by atoms with Crippen LogP contribution < -0.4 is 10.6 Å². The lowest BCUT2D eigenvalue weighted by Gasteiger charge is -2.47. The summed E-state index contributed by atoms with van der Waals surface area (Å²) < 4.78 is 23.2. The predicted molar refractivity (Wildman–Crippen MR) is 296 cm³/mol. The summed E-state index contributed by atoms with van der Waals surface area (Å²) in [5.41, 5.74) is 0. The molecule has 2 aliphatic rings. The number of amides is 2. The molecule has 2 fully saturated rings. The van der Waals surface area contributed by atoms with Crippen molar-refractivity contribution in [3.8, 4) is 0 Å². The Labute approximate surface area is 459 Å². The van der Waals surface area contributed by atoms with Gasteiger partial charge in [0, 0.05) is 6.92 Å². The van der Waals surface area contributed by atoms with E-state index in [9.17, 15) is 55.5 Å². The summed E-state index contributed by atoms with van der Waals surface area (Å²) in [5.74, 6) is -1.37. The first-order valence-electron chi connectivity index (χ1n) is 30.9. The maximum Gasteiger partial charge on any atom is 0.249 e. The van der Waals surface area contributed by atoms with Crippen molar-refractivity contribution in [2.24, 2.45) is 0 Å². The highest BCUT2D eigenvalue weighted by Crippen LogP contribution is 2.30. The van der Waals surface area contributed by atoms with Crippen molar-refractivity contribution >= 4 is 11.8 Å². The second kappa shape index (κ2) is 45.1. The fourth-order valence-corrected chi connectivity index (χ4v) is 10.7. The Hall–Kier alpha value is -1.58. The van der Waals surface area contributed by atoms with Crippen molar-refractivity contribution in [3.05, 3.63) is 0 Å². The quantitative estimate of drug-likeness (QED) is 0.0259. The average molecular weight is 1090 g/mol. The Balaban J connectivity index is 1.87. The maximum absolute atomic E-state index is 13.4. The Morgan fingerprint density at radius 1 is 0.487 bits per heavy atom. The molecular formula is C59H114N2O15. The number of carbonyl (C=O) groups excluding carboxylic acids is 2. The lowest BCUT2D eigenvalue weighted by molar-refractivity contribution is -0.347. The van der Waals surface area contributed by atoms with Gasteiger partial charge in [-0.15, -0.1) is 0 Å². The van der Waals surface area contributed by atoms with Gasteiger partial charge in [0.05, 0.1) is 32.0 Å². The molecule has 2 amide bonds. The number of unbranched alkanes of at least 4 members (excludes halogenated alkanes) is 33. The minimum Gasteiger partial charge on any atom is -0.394 e. The van der Waals surface area contributed by atoms with E-state index in [0.29, 0.717) is 12.8 Å². The minimum atomic E-state index is -1.86. The highest BCUT2D eigenvalue weighted by atomic mass is 16.7. The van der Waals surface area contributed by atoms with Crippen LogP contribution in [0.15, 0.2) is 0 Å². The summed E-state index contributed by atoms with van der Waals surface area (Å²) in [6.07, 6.45) is 24.4. The van der Waals surface area contributed by atoms with E-state index in [1.165, 1.54) is 167 Å². The second-order valence-electron chi connectivity index (χ2n) is 22.5. The molecule has 450 valence electrons. The van der Waals surface area contributed by atoms with E-state index in [1.807, 2.05) is 0 Å². The summed E-state index contributed by atoms with van der Waals surface area (Å²) in [7, 11) is 0. The van der Waals surface area contributed by atoms with Crippen molar-refractivity contribution in [1.82, 2.24) is 10.6 Å². The first-order chi connectivity index (χ1) is 36.8. The van der Waals surface area contributed by atoms with Gasteiger partial charge in [0.2, 0.25) is 11.8 Å². The summed E-state index contributed by atoms with van der Waals surface area (Å²) in [4.78, 5) is 25.4. The van der Waals surface area contributed by atoms with Crippen LogP contribution in [0, 0.1) is 0 Å². The number of hydrogen-bond acceptors (Lipinski definition) is 15. The van der Waals surface area contributed by atoms with Crippen molar-refractivity contribution in [2.45, 2.75) is 344 Å². The van der Waals surface area contributed by atoms with Crippen LogP contribution in [0.3, 0.4) is 0 Å². The lowest BCUT2D eigenvalue weighted by atomic mass is 9.95. The second-order valence-corrected chi connectivity index (χ2v) is 22.5. The smallest absolute Gasteiger partial charge is 0.249 e. The van der Waals surface area contributed by atoms with Gasteiger partial charge in [0.1, 0.15) is 61.0 Å². The first-order valence-corrected chi connectivity index (χ1v) is 30.9. The van der Waals surface area contributed by atoms with E-state index in [4.69, 9.17) is 18.9 Å². The molecule has 11 N–H and O–H groups in total.